The normalized spacial score (nSPS) is 11.2. The number of nitrogens with zero attached hydrogens (tertiary/aromatic N) is 1. The van der Waals surface area contributed by atoms with E-state index >= 15 is 0 Å². The van der Waals surface area contributed by atoms with Gasteiger partial charge in [0.05, 0.1) is 25.6 Å². The molecule has 0 bridgehead atoms. The molecule has 0 saturated heterocycles. The molecule has 0 aromatic heterocycles. The number of rotatable bonds is 10. The number of sulfone groups is 1. The van der Waals surface area contributed by atoms with Crippen LogP contribution in [0.4, 0.5) is 5.69 Å². The lowest BCUT2D eigenvalue weighted by molar-refractivity contribution is -0.386. The fourth-order valence-electron chi connectivity index (χ4n) is 3.60. The van der Waals surface area contributed by atoms with Crippen LogP contribution in [0.5, 0.6) is 11.5 Å². The monoisotopic (exact) mass is 591 g/mol. The van der Waals surface area contributed by atoms with Gasteiger partial charge in [-0.05, 0) is 28.8 Å². The number of ether oxygens (including phenoxy) is 2. The van der Waals surface area contributed by atoms with Crippen LogP contribution >= 0.6 is 34.8 Å². The first-order valence-electron chi connectivity index (χ1n) is 11.2. The Morgan fingerprint density at radius 3 is 1.95 bits per heavy atom. The van der Waals surface area contributed by atoms with Gasteiger partial charge in [-0.15, -0.1) is 0 Å². The van der Waals surface area contributed by atoms with Crippen LogP contribution in [0.15, 0.2) is 89.8 Å². The SMILES string of the molecule is O=[N+]([O-])c1cc(S(=O)(=O)Cc2cc(Cl)cc(Cl)c2Cl)cc(OCc2ccccc2)c1OCc1ccccc1. The molecule has 0 aliphatic heterocycles. The van der Waals surface area contributed by atoms with Gasteiger partial charge in [-0.25, -0.2) is 8.42 Å². The standard InChI is InChI=1S/C27H20Cl3NO6S/c28-21-11-20(26(30)23(29)12-21)17-38(34,35)22-13-24(31(32)33)27(37-16-19-9-5-2-6-10-19)25(14-22)36-15-18-7-3-1-4-8-18/h1-14H,15-17H2. The first kappa shape index (κ1) is 27.7. The number of benzene rings is 4. The highest BCUT2D eigenvalue weighted by Crippen LogP contribution is 2.42. The fourth-order valence-corrected chi connectivity index (χ4v) is 5.77. The van der Waals surface area contributed by atoms with E-state index in [1.165, 1.54) is 18.2 Å². The second kappa shape index (κ2) is 12.0. The molecular formula is C27H20Cl3NO6S. The van der Waals surface area contributed by atoms with Crippen molar-refractivity contribution in [3.63, 3.8) is 0 Å². The summed E-state index contributed by atoms with van der Waals surface area (Å²) in [6, 6.07) is 23.1. The van der Waals surface area contributed by atoms with E-state index in [1.54, 1.807) is 12.1 Å². The summed E-state index contributed by atoms with van der Waals surface area (Å²) in [7, 11) is -4.16. The van der Waals surface area contributed by atoms with Crippen molar-refractivity contribution in [3.05, 3.63) is 127 Å². The van der Waals surface area contributed by atoms with E-state index in [-0.39, 0.29) is 50.2 Å². The highest BCUT2D eigenvalue weighted by atomic mass is 35.5. The molecule has 0 heterocycles. The molecule has 0 N–H and O–H groups in total. The largest absolute Gasteiger partial charge is 0.485 e. The summed E-state index contributed by atoms with van der Waals surface area (Å²) in [4.78, 5) is 11.0. The van der Waals surface area contributed by atoms with Crippen LogP contribution < -0.4 is 9.47 Å². The Bertz CT molecular complexity index is 1570. The maximum Gasteiger partial charge on any atom is 0.316 e. The molecule has 0 spiro atoms. The van der Waals surface area contributed by atoms with Crippen LogP contribution in [-0.2, 0) is 28.8 Å². The molecule has 4 rings (SSSR count). The van der Waals surface area contributed by atoms with E-state index in [0.29, 0.717) is 0 Å². The molecular weight excluding hydrogens is 573 g/mol. The first-order valence-corrected chi connectivity index (χ1v) is 13.9. The molecule has 7 nitrogen and oxygen atoms in total. The molecule has 38 heavy (non-hydrogen) atoms. The van der Waals surface area contributed by atoms with Crippen molar-refractivity contribution >= 4 is 50.3 Å². The minimum absolute atomic E-state index is 0.00605. The number of nitro benzene ring substituents is 1. The zero-order chi connectivity index (χ0) is 27.3. The zero-order valence-electron chi connectivity index (χ0n) is 19.6. The van der Waals surface area contributed by atoms with Crippen molar-refractivity contribution in [1.82, 2.24) is 0 Å². The zero-order valence-corrected chi connectivity index (χ0v) is 22.7. The topological polar surface area (TPSA) is 95.7 Å². The highest BCUT2D eigenvalue weighted by molar-refractivity contribution is 7.90. The number of nitro groups is 1. The predicted molar refractivity (Wildman–Crippen MR) is 147 cm³/mol. The minimum Gasteiger partial charge on any atom is -0.485 e. The van der Waals surface area contributed by atoms with Gasteiger partial charge in [0.1, 0.15) is 13.2 Å². The van der Waals surface area contributed by atoms with Crippen molar-refractivity contribution in [3.8, 4) is 11.5 Å². The predicted octanol–water partition coefficient (Wildman–Crippen LogP) is 7.69. The van der Waals surface area contributed by atoms with E-state index in [2.05, 4.69) is 0 Å². The summed E-state index contributed by atoms with van der Waals surface area (Å²) in [5.74, 6) is -0.864. The van der Waals surface area contributed by atoms with Crippen molar-refractivity contribution in [2.45, 2.75) is 23.9 Å². The molecule has 11 heteroatoms. The molecule has 4 aromatic rings. The summed E-state index contributed by atoms with van der Waals surface area (Å²) in [6.07, 6.45) is 0. The Balaban J connectivity index is 1.76. The molecule has 0 aliphatic rings. The molecule has 196 valence electrons. The molecule has 0 fully saturated rings. The minimum atomic E-state index is -4.16. The van der Waals surface area contributed by atoms with Gasteiger partial charge >= 0.3 is 5.69 Å². The molecule has 0 aliphatic carbocycles. The van der Waals surface area contributed by atoms with E-state index in [0.717, 1.165) is 17.2 Å². The lowest BCUT2D eigenvalue weighted by Gasteiger charge is -2.16. The third-order valence-corrected chi connectivity index (χ3v) is 8.15. The third-order valence-electron chi connectivity index (χ3n) is 5.44. The smallest absolute Gasteiger partial charge is 0.316 e. The average Bonchev–Trinajstić information content (AvgIpc) is 2.89. The van der Waals surface area contributed by atoms with Crippen LogP contribution in [0.2, 0.25) is 15.1 Å². The maximum atomic E-state index is 13.4. The van der Waals surface area contributed by atoms with Crippen molar-refractivity contribution in [1.29, 1.82) is 0 Å². The maximum absolute atomic E-state index is 13.4. The lowest BCUT2D eigenvalue weighted by Crippen LogP contribution is -2.09. The van der Waals surface area contributed by atoms with Gasteiger partial charge in [-0.1, -0.05) is 95.5 Å². The summed E-state index contributed by atoms with van der Waals surface area (Å²) in [6.45, 7) is 0.0328. The van der Waals surface area contributed by atoms with E-state index in [1.807, 2.05) is 48.5 Å². The van der Waals surface area contributed by atoms with Crippen LogP contribution in [0.25, 0.3) is 0 Å². The Morgan fingerprint density at radius 2 is 1.37 bits per heavy atom. The average molecular weight is 593 g/mol. The Kier molecular flexibility index (Phi) is 8.79. The van der Waals surface area contributed by atoms with Crippen LogP contribution in [0.1, 0.15) is 16.7 Å². The summed E-state index contributed by atoms with van der Waals surface area (Å²) in [5.41, 5.74) is 1.14. The van der Waals surface area contributed by atoms with Crippen LogP contribution in [0, 0.1) is 10.1 Å². The first-order chi connectivity index (χ1) is 18.1. The van der Waals surface area contributed by atoms with Gasteiger partial charge in [-0.3, -0.25) is 10.1 Å². The Morgan fingerprint density at radius 1 is 0.789 bits per heavy atom. The van der Waals surface area contributed by atoms with Gasteiger partial charge in [0.15, 0.2) is 15.6 Å². The lowest BCUT2D eigenvalue weighted by atomic mass is 10.2. The van der Waals surface area contributed by atoms with E-state index in [4.69, 9.17) is 44.3 Å². The summed E-state index contributed by atoms with van der Waals surface area (Å²) < 4.78 is 38.5. The Labute approximate surface area is 234 Å². The molecule has 0 atom stereocenters. The van der Waals surface area contributed by atoms with Crippen LogP contribution in [-0.4, -0.2) is 13.3 Å². The summed E-state index contributed by atoms with van der Waals surface area (Å²) >= 11 is 18.3. The highest BCUT2D eigenvalue weighted by Gasteiger charge is 2.29. The van der Waals surface area contributed by atoms with Gasteiger partial charge in [0.2, 0.25) is 5.75 Å². The number of hydrogen-bond acceptors (Lipinski definition) is 6. The molecule has 0 unspecified atom stereocenters. The number of hydrogen-bond donors (Lipinski definition) is 0. The second-order valence-corrected chi connectivity index (χ2v) is 11.4. The fraction of sp³-hybridized carbons (Fsp3) is 0.111. The van der Waals surface area contributed by atoms with Crippen molar-refractivity contribution < 1.29 is 22.8 Å². The van der Waals surface area contributed by atoms with Crippen molar-refractivity contribution in [2.24, 2.45) is 0 Å². The third kappa shape index (κ3) is 6.76. The molecule has 0 amide bonds. The van der Waals surface area contributed by atoms with Gasteiger partial charge < -0.3 is 9.47 Å². The van der Waals surface area contributed by atoms with Gasteiger partial charge in [0, 0.05) is 17.2 Å². The Hall–Kier alpha value is -3.30. The quantitative estimate of drug-likeness (QED) is 0.106. The molecule has 0 radical (unpaired) electrons. The molecule has 4 aromatic carbocycles. The molecule has 0 saturated carbocycles. The van der Waals surface area contributed by atoms with E-state index in [9.17, 15) is 18.5 Å². The van der Waals surface area contributed by atoms with Gasteiger partial charge in [0.25, 0.3) is 0 Å². The number of halogens is 3. The summed E-state index contributed by atoms with van der Waals surface area (Å²) in [5, 5.41) is 12.4. The van der Waals surface area contributed by atoms with E-state index < -0.39 is 26.2 Å². The van der Waals surface area contributed by atoms with Gasteiger partial charge in [-0.2, -0.15) is 0 Å². The van der Waals surface area contributed by atoms with Crippen LogP contribution in [0.3, 0.4) is 0 Å². The van der Waals surface area contributed by atoms with Crippen molar-refractivity contribution in [2.75, 3.05) is 0 Å². The second-order valence-electron chi connectivity index (χ2n) is 8.20.